The molecule has 0 bridgehead atoms. The van der Waals surface area contributed by atoms with Crippen molar-refractivity contribution in [2.24, 2.45) is 5.92 Å². The van der Waals surface area contributed by atoms with Crippen molar-refractivity contribution in [3.63, 3.8) is 0 Å². The molecule has 0 saturated heterocycles. The lowest BCUT2D eigenvalue weighted by Crippen LogP contribution is -2.28. The van der Waals surface area contributed by atoms with E-state index in [0.717, 1.165) is 25.8 Å². The molecule has 1 aromatic rings. The Bertz CT molecular complexity index is 340. The molecular formula is C16H31N3. The van der Waals surface area contributed by atoms with Gasteiger partial charge in [-0.25, -0.2) is 0 Å². The maximum Gasteiger partial charge on any atom is 0.0624 e. The van der Waals surface area contributed by atoms with Crippen molar-refractivity contribution in [1.29, 1.82) is 0 Å². The summed E-state index contributed by atoms with van der Waals surface area (Å²) in [5.74, 6) is 0.709. The van der Waals surface area contributed by atoms with Gasteiger partial charge in [-0.1, -0.05) is 34.6 Å². The van der Waals surface area contributed by atoms with E-state index in [9.17, 15) is 0 Å². The Morgan fingerprint density at radius 3 is 2.47 bits per heavy atom. The molecule has 19 heavy (non-hydrogen) atoms. The van der Waals surface area contributed by atoms with Crippen molar-refractivity contribution in [3.8, 4) is 0 Å². The van der Waals surface area contributed by atoms with E-state index in [4.69, 9.17) is 5.10 Å². The Morgan fingerprint density at radius 2 is 1.89 bits per heavy atom. The number of aryl methyl sites for hydroxylation is 1. The zero-order valence-corrected chi connectivity index (χ0v) is 13.3. The van der Waals surface area contributed by atoms with E-state index in [1.165, 1.54) is 12.1 Å². The normalized spacial score (nSPS) is 13.4. The van der Waals surface area contributed by atoms with Crippen LogP contribution in [0, 0.1) is 5.92 Å². The molecule has 0 amide bonds. The number of aromatic nitrogens is 2. The fourth-order valence-corrected chi connectivity index (χ4v) is 2.31. The Labute approximate surface area is 118 Å². The van der Waals surface area contributed by atoms with Crippen LogP contribution in [0.4, 0.5) is 0 Å². The van der Waals surface area contributed by atoms with Crippen LogP contribution in [0.15, 0.2) is 12.3 Å². The Balaban J connectivity index is 2.37. The lowest BCUT2D eigenvalue weighted by molar-refractivity contribution is 0.420. The smallest absolute Gasteiger partial charge is 0.0624 e. The van der Waals surface area contributed by atoms with Crippen molar-refractivity contribution >= 4 is 0 Å². The third-order valence-electron chi connectivity index (χ3n) is 3.75. The van der Waals surface area contributed by atoms with Gasteiger partial charge in [-0.2, -0.15) is 5.10 Å². The lowest BCUT2D eigenvalue weighted by Gasteiger charge is -2.14. The monoisotopic (exact) mass is 265 g/mol. The summed E-state index contributed by atoms with van der Waals surface area (Å²) in [4.78, 5) is 0. The van der Waals surface area contributed by atoms with Gasteiger partial charge < -0.3 is 5.32 Å². The third-order valence-corrected chi connectivity index (χ3v) is 3.75. The zero-order chi connectivity index (χ0) is 14.3. The van der Waals surface area contributed by atoms with Crippen LogP contribution in [0.25, 0.3) is 0 Å². The van der Waals surface area contributed by atoms with E-state index < -0.39 is 0 Å². The highest BCUT2D eigenvalue weighted by molar-refractivity contribution is 5.00. The number of rotatable bonds is 9. The van der Waals surface area contributed by atoms with Crippen molar-refractivity contribution in [3.05, 3.63) is 18.0 Å². The second kappa shape index (κ2) is 8.36. The van der Waals surface area contributed by atoms with Gasteiger partial charge in [-0.05, 0) is 44.2 Å². The summed E-state index contributed by atoms with van der Waals surface area (Å²) in [5, 5.41) is 8.21. The molecule has 0 aliphatic carbocycles. The molecule has 1 heterocycles. The minimum Gasteiger partial charge on any atom is -0.314 e. The number of hydrogen-bond donors (Lipinski definition) is 1. The fourth-order valence-electron chi connectivity index (χ4n) is 2.31. The predicted molar refractivity (Wildman–Crippen MR) is 82.5 cm³/mol. The average Bonchev–Trinajstić information content (AvgIpc) is 2.84. The molecule has 0 aromatic carbocycles. The van der Waals surface area contributed by atoms with Crippen molar-refractivity contribution < 1.29 is 0 Å². The molecule has 0 spiro atoms. The minimum absolute atomic E-state index is 0.564. The maximum absolute atomic E-state index is 4.72. The predicted octanol–water partition coefficient (Wildman–Crippen LogP) is 3.81. The van der Waals surface area contributed by atoms with Crippen LogP contribution >= 0.6 is 0 Å². The highest BCUT2D eigenvalue weighted by Gasteiger charge is 2.09. The van der Waals surface area contributed by atoms with Crippen LogP contribution in [-0.2, 0) is 6.42 Å². The Morgan fingerprint density at radius 1 is 1.21 bits per heavy atom. The van der Waals surface area contributed by atoms with Crippen molar-refractivity contribution in [1.82, 2.24) is 15.1 Å². The number of hydrogen-bond acceptors (Lipinski definition) is 2. The van der Waals surface area contributed by atoms with Crippen LogP contribution in [0.2, 0.25) is 0 Å². The molecule has 0 radical (unpaired) electrons. The Hall–Kier alpha value is -0.830. The van der Waals surface area contributed by atoms with Gasteiger partial charge in [0.25, 0.3) is 0 Å². The van der Waals surface area contributed by atoms with Crippen LogP contribution < -0.4 is 5.32 Å². The van der Waals surface area contributed by atoms with Gasteiger partial charge in [-0.15, -0.1) is 0 Å². The molecule has 1 N–H and O–H groups in total. The largest absolute Gasteiger partial charge is 0.314 e. The quantitative estimate of drug-likeness (QED) is 0.736. The highest BCUT2D eigenvalue weighted by Crippen LogP contribution is 2.15. The molecule has 1 unspecified atom stereocenters. The molecule has 1 atom stereocenters. The molecule has 0 fully saturated rings. The van der Waals surface area contributed by atoms with Gasteiger partial charge in [0.2, 0.25) is 0 Å². The Kier molecular flexibility index (Phi) is 7.14. The molecule has 1 rings (SSSR count). The second-order valence-electron chi connectivity index (χ2n) is 5.96. The van der Waals surface area contributed by atoms with E-state index in [0.29, 0.717) is 18.0 Å². The second-order valence-corrected chi connectivity index (χ2v) is 5.96. The first-order chi connectivity index (χ1) is 9.06. The van der Waals surface area contributed by atoms with E-state index in [1.54, 1.807) is 0 Å². The maximum atomic E-state index is 4.72. The molecule has 0 aliphatic rings. The summed E-state index contributed by atoms with van der Waals surface area (Å²) in [5.41, 5.74) is 1.24. The summed E-state index contributed by atoms with van der Waals surface area (Å²) in [6.45, 7) is 12.3. The third kappa shape index (κ3) is 5.77. The lowest BCUT2D eigenvalue weighted by atomic mass is 10.0. The topological polar surface area (TPSA) is 29.9 Å². The van der Waals surface area contributed by atoms with Gasteiger partial charge in [0.05, 0.1) is 11.7 Å². The van der Waals surface area contributed by atoms with Gasteiger partial charge in [-0.3, -0.25) is 4.68 Å². The minimum atomic E-state index is 0.564. The van der Waals surface area contributed by atoms with Crippen LogP contribution in [0.5, 0.6) is 0 Å². The van der Waals surface area contributed by atoms with Gasteiger partial charge >= 0.3 is 0 Å². The summed E-state index contributed by atoms with van der Waals surface area (Å²) in [7, 11) is 0. The first kappa shape index (κ1) is 16.2. The summed E-state index contributed by atoms with van der Waals surface area (Å²) in [6, 6.07) is 3.33. The van der Waals surface area contributed by atoms with Crippen molar-refractivity contribution in [2.45, 2.75) is 72.4 Å². The summed E-state index contributed by atoms with van der Waals surface area (Å²) < 4.78 is 2.15. The van der Waals surface area contributed by atoms with E-state index >= 15 is 0 Å². The van der Waals surface area contributed by atoms with Crippen LogP contribution in [0.1, 0.15) is 65.6 Å². The SMILES string of the molecule is CCC(CC)n1ccc(CCC(C)CNC(C)C)n1. The highest BCUT2D eigenvalue weighted by atomic mass is 15.3. The molecule has 110 valence electrons. The molecule has 0 saturated carbocycles. The summed E-state index contributed by atoms with van der Waals surface area (Å²) in [6.07, 6.45) is 6.76. The van der Waals surface area contributed by atoms with Gasteiger partial charge in [0.1, 0.15) is 0 Å². The fraction of sp³-hybridized carbons (Fsp3) is 0.812. The molecule has 0 aliphatic heterocycles. The molecule has 3 nitrogen and oxygen atoms in total. The van der Waals surface area contributed by atoms with E-state index in [1.807, 2.05) is 0 Å². The van der Waals surface area contributed by atoms with E-state index in [-0.39, 0.29) is 0 Å². The molecule has 3 heteroatoms. The van der Waals surface area contributed by atoms with Gasteiger partial charge in [0.15, 0.2) is 0 Å². The average molecular weight is 265 g/mol. The van der Waals surface area contributed by atoms with Gasteiger partial charge in [0, 0.05) is 12.2 Å². The van der Waals surface area contributed by atoms with Crippen molar-refractivity contribution in [2.75, 3.05) is 6.54 Å². The standard InChI is InChI=1S/C16H31N3/c1-6-16(7-2)19-11-10-15(18-19)9-8-14(5)12-17-13(3)4/h10-11,13-14,16-17H,6-9,12H2,1-5H3. The first-order valence-corrected chi connectivity index (χ1v) is 7.84. The molecule has 1 aromatic heterocycles. The van der Waals surface area contributed by atoms with Crippen LogP contribution in [-0.4, -0.2) is 22.4 Å². The zero-order valence-electron chi connectivity index (χ0n) is 13.3. The summed E-state index contributed by atoms with van der Waals surface area (Å²) >= 11 is 0. The first-order valence-electron chi connectivity index (χ1n) is 7.84. The number of nitrogens with zero attached hydrogens (tertiary/aromatic N) is 2. The van der Waals surface area contributed by atoms with Crippen LogP contribution in [0.3, 0.4) is 0 Å². The molecular weight excluding hydrogens is 234 g/mol. The number of nitrogens with one attached hydrogen (secondary N) is 1. The van der Waals surface area contributed by atoms with E-state index in [2.05, 4.69) is 56.9 Å².